The van der Waals surface area contributed by atoms with Crippen LogP contribution in [0.5, 0.6) is 0 Å². The molecule has 0 N–H and O–H groups in total. The molecule has 0 fully saturated rings. The van der Waals surface area contributed by atoms with Gasteiger partial charge in [-0.2, -0.15) is 0 Å². The van der Waals surface area contributed by atoms with E-state index < -0.39 is 6.10 Å². The summed E-state index contributed by atoms with van der Waals surface area (Å²) in [6.07, 6.45) is 67.4. The SMILES string of the molecule is CC/C=C\C/C=C\C/C=C\CCCCCCCCCC(=O)OCC(COC(=O)CCCCCCC/C=C\CCCCCC)OC(=O)CCCCCCCCC/C=C\C/C=C\CCCCC. The lowest BCUT2D eigenvalue weighted by molar-refractivity contribution is -0.167. The van der Waals surface area contributed by atoms with Crippen LogP contribution in [-0.4, -0.2) is 37.2 Å². The number of hydrogen-bond acceptors (Lipinski definition) is 6. The Morgan fingerprint density at radius 3 is 0.985 bits per heavy atom. The number of unbranched alkanes of at least 4 members (excludes halogenated alkanes) is 26. The molecule has 0 rings (SSSR count). The van der Waals surface area contributed by atoms with E-state index in [0.717, 1.165) is 103 Å². The number of carbonyl (C=O) groups excluding carboxylic acids is 3. The van der Waals surface area contributed by atoms with Crippen molar-refractivity contribution >= 4 is 17.9 Å². The van der Waals surface area contributed by atoms with Gasteiger partial charge in [0.15, 0.2) is 6.10 Å². The summed E-state index contributed by atoms with van der Waals surface area (Å²) >= 11 is 0. The molecule has 0 aliphatic rings. The molecule has 6 heteroatoms. The summed E-state index contributed by atoms with van der Waals surface area (Å²) in [6.45, 7) is 6.48. The van der Waals surface area contributed by atoms with Gasteiger partial charge in [-0.15, -0.1) is 0 Å². The van der Waals surface area contributed by atoms with Crippen molar-refractivity contribution in [3.63, 3.8) is 0 Å². The van der Waals surface area contributed by atoms with E-state index in [4.69, 9.17) is 14.2 Å². The van der Waals surface area contributed by atoms with Crippen molar-refractivity contribution in [1.82, 2.24) is 0 Å². The Morgan fingerprint density at radius 1 is 0.323 bits per heavy atom. The van der Waals surface area contributed by atoms with Crippen LogP contribution in [0.2, 0.25) is 0 Å². The molecule has 0 aliphatic carbocycles. The normalized spacial score (nSPS) is 12.6. The maximum Gasteiger partial charge on any atom is 0.306 e. The Bertz CT molecular complexity index is 1230. The van der Waals surface area contributed by atoms with E-state index in [1.54, 1.807) is 0 Å². The average molecular weight is 907 g/mol. The van der Waals surface area contributed by atoms with Gasteiger partial charge in [0.2, 0.25) is 0 Å². The highest BCUT2D eigenvalue weighted by atomic mass is 16.6. The zero-order valence-corrected chi connectivity index (χ0v) is 42.7. The number of rotatable bonds is 49. The molecule has 0 aromatic carbocycles. The zero-order chi connectivity index (χ0) is 47.2. The number of hydrogen-bond donors (Lipinski definition) is 0. The lowest BCUT2D eigenvalue weighted by Crippen LogP contribution is -2.30. The summed E-state index contributed by atoms with van der Waals surface area (Å²) < 4.78 is 16.8. The molecule has 0 aromatic heterocycles. The first-order valence-electron chi connectivity index (χ1n) is 27.4. The monoisotopic (exact) mass is 907 g/mol. The van der Waals surface area contributed by atoms with Crippen molar-refractivity contribution in [2.45, 2.75) is 271 Å². The van der Waals surface area contributed by atoms with Gasteiger partial charge in [-0.1, -0.05) is 209 Å². The van der Waals surface area contributed by atoms with Gasteiger partial charge < -0.3 is 14.2 Å². The molecular weight excluding hydrogens is 805 g/mol. The lowest BCUT2D eigenvalue weighted by atomic mass is 10.1. The molecule has 6 nitrogen and oxygen atoms in total. The third-order valence-electron chi connectivity index (χ3n) is 11.7. The van der Waals surface area contributed by atoms with Crippen LogP contribution in [0.4, 0.5) is 0 Å². The van der Waals surface area contributed by atoms with Crippen molar-refractivity contribution in [1.29, 1.82) is 0 Å². The first-order valence-corrected chi connectivity index (χ1v) is 27.4. The smallest absolute Gasteiger partial charge is 0.306 e. The second-order valence-corrected chi connectivity index (χ2v) is 18.1. The fraction of sp³-hybridized carbons (Fsp3) is 0.746. The number of ether oxygens (including phenoxy) is 3. The molecule has 0 heterocycles. The maximum atomic E-state index is 12.8. The highest BCUT2D eigenvalue weighted by molar-refractivity contribution is 5.71. The zero-order valence-electron chi connectivity index (χ0n) is 42.7. The van der Waals surface area contributed by atoms with Crippen LogP contribution in [0.3, 0.4) is 0 Å². The summed E-state index contributed by atoms with van der Waals surface area (Å²) in [4.78, 5) is 38.1. The highest BCUT2D eigenvalue weighted by Crippen LogP contribution is 2.14. The quantitative estimate of drug-likeness (QED) is 0.0262. The van der Waals surface area contributed by atoms with E-state index >= 15 is 0 Å². The fourth-order valence-corrected chi connectivity index (χ4v) is 7.54. The van der Waals surface area contributed by atoms with Gasteiger partial charge in [-0.25, -0.2) is 0 Å². The number of allylic oxidation sites excluding steroid dienone is 12. The second kappa shape index (κ2) is 53.5. The molecule has 1 atom stereocenters. The van der Waals surface area contributed by atoms with Gasteiger partial charge in [0.25, 0.3) is 0 Å². The topological polar surface area (TPSA) is 78.9 Å². The standard InChI is InChI=1S/C59H102O6/c1-4-7-10-13-16-19-22-25-27-29-31-34-37-40-43-46-49-52-58(61)64-55-56(54-63-57(60)51-48-45-42-39-36-33-24-21-18-15-12-9-6-3)65-59(62)53-50-47-44-41-38-35-32-30-28-26-23-20-17-14-11-8-5-2/h7,10,16-17,19-21,24-28,56H,4-6,8-9,11-15,18,22-23,29-55H2,1-3H3/b10-7-,19-16-,20-17-,24-21-,27-25-,28-26-. The second-order valence-electron chi connectivity index (χ2n) is 18.1. The van der Waals surface area contributed by atoms with E-state index in [1.165, 1.54) is 122 Å². The Morgan fingerprint density at radius 2 is 0.600 bits per heavy atom. The van der Waals surface area contributed by atoms with Gasteiger partial charge in [0.05, 0.1) is 0 Å². The minimum Gasteiger partial charge on any atom is -0.462 e. The van der Waals surface area contributed by atoms with Gasteiger partial charge in [0, 0.05) is 19.3 Å². The maximum absolute atomic E-state index is 12.8. The Balaban J connectivity index is 4.41. The first-order chi connectivity index (χ1) is 32.0. The van der Waals surface area contributed by atoms with Gasteiger partial charge in [-0.3, -0.25) is 14.4 Å². The summed E-state index contributed by atoms with van der Waals surface area (Å²) in [6, 6.07) is 0. The van der Waals surface area contributed by atoms with Crippen LogP contribution in [0.15, 0.2) is 72.9 Å². The summed E-state index contributed by atoms with van der Waals surface area (Å²) in [5.41, 5.74) is 0. The summed E-state index contributed by atoms with van der Waals surface area (Å²) in [5.74, 6) is -0.907. The number of carbonyl (C=O) groups is 3. The molecule has 374 valence electrons. The van der Waals surface area contributed by atoms with Crippen molar-refractivity contribution < 1.29 is 28.6 Å². The molecular formula is C59H102O6. The highest BCUT2D eigenvalue weighted by Gasteiger charge is 2.19. The van der Waals surface area contributed by atoms with Gasteiger partial charge in [-0.05, 0) is 109 Å². The Hall–Kier alpha value is -3.15. The van der Waals surface area contributed by atoms with E-state index in [1.807, 2.05) is 0 Å². The van der Waals surface area contributed by atoms with Crippen molar-refractivity contribution in [3.8, 4) is 0 Å². The molecule has 65 heavy (non-hydrogen) atoms. The van der Waals surface area contributed by atoms with Crippen molar-refractivity contribution in [2.75, 3.05) is 13.2 Å². The van der Waals surface area contributed by atoms with E-state index in [0.29, 0.717) is 19.3 Å². The molecule has 0 bridgehead atoms. The van der Waals surface area contributed by atoms with E-state index in [9.17, 15) is 14.4 Å². The molecule has 0 amide bonds. The third-order valence-corrected chi connectivity index (χ3v) is 11.7. The van der Waals surface area contributed by atoms with Crippen molar-refractivity contribution in [3.05, 3.63) is 72.9 Å². The van der Waals surface area contributed by atoms with Crippen molar-refractivity contribution in [2.24, 2.45) is 0 Å². The van der Waals surface area contributed by atoms with Gasteiger partial charge in [0.1, 0.15) is 13.2 Å². The molecule has 0 saturated heterocycles. The molecule has 0 spiro atoms. The predicted octanol–water partition coefficient (Wildman–Crippen LogP) is 18.2. The minimum atomic E-state index is -0.787. The fourth-order valence-electron chi connectivity index (χ4n) is 7.54. The molecule has 0 aromatic rings. The van der Waals surface area contributed by atoms with Crippen LogP contribution in [0.1, 0.15) is 265 Å². The molecule has 1 unspecified atom stereocenters. The Kier molecular flexibility index (Phi) is 50.9. The van der Waals surface area contributed by atoms with E-state index in [-0.39, 0.29) is 31.1 Å². The molecule has 0 aliphatic heterocycles. The number of esters is 3. The van der Waals surface area contributed by atoms with E-state index in [2.05, 4.69) is 93.7 Å². The first kappa shape index (κ1) is 61.9. The average Bonchev–Trinajstić information content (AvgIpc) is 3.30. The van der Waals surface area contributed by atoms with Crippen LogP contribution in [0, 0.1) is 0 Å². The predicted molar refractivity (Wildman–Crippen MR) is 279 cm³/mol. The summed E-state index contributed by atoms with van der Waals surface area (Å²) in [5, 5.41) is 0. The lowest BCUT2D eigenvalue weighted by Gasteiger charge is -2.18. The summed E-state index contributed by atoms with van der Waals surface area (Å²) in [7, 11) is 0. The van der Waals surface area contributed by atoms with Crippen LogP contribution < -0.4 is 0 Å². The molecule has 0 radical (unpaired) electrons. The molecule has 0 saturated carbocycles. The van der Waals surface area contributed by atoms with Crippen LogP contribution in [-0.2, 0) is 28.6 Å². The minimum absolute atomic E-state index is 0.0860. The largest absolute Gasteiger partial charge is 0.462 e. The third kappa shape index (κ3) is 51.7. The van der Waals surface area contributed by atoms with Crippen LogP contribution in [0.25, 0.3) is 0 Å². The van der Waals surface area contributed by atoms with Crippen LogP contribution >= 0.6 is 0 Å². The Labute approximate surface area is 402 Å². The van der Waals surface area contributed by atoms with Gasteiger partial charge >= 0.3 is 17.9 Å².